The molecule has 1 aliphatic carbocycles. The smallest absolute Gasteiger partial charge is 0.407 e. The van der Waals surface area contributed by atoms with E-state index in [9.17, 15) is 13.6 Å². The summed E-state index contributed by atoms with van der Waals surface area (Å²) in [6.07, 6.45) is 4.45. The summed E-state index contributed by atoms with van der Waals surface area (Å²) in [4.78, 5) is 15.0. The van der Waals surface area contributed by atoms with Crippen LogP contribution in [0.25, 0.3) is 11.1 Å². The molecule has 30 heavy (non-hydrogen) atoms. The second-order valence-corrected chi connectivity index (χ2v) is 8.71. The van der Waals surface area contributed by atoms with E-state index in [0.717, 1.165) is 75.0 Å². The molecule has 4 nitrogen and oxygen atoms in total. The Morgan fingerprint density at radius 2 is 1.90 bits per heavy atom. The number of rotatable bonds is 3. The van der Waals surface area contributed by atoms with Crippen molar-refractivity contribution in [3.05, 3.63) is 59.2 Å². The van der Waals surface area contributed by atoms with Gasteiger partial charge in [-0.3, -0.25) is 4.90 Å². The van der Waals surface area contributed by atoms with Crippen LogP contribution < -0.4 is 5.32 Å². The van der Waals surface area contributed by atoms with Crippen LogP contribution in [-0.4, -0.2) is 36.7 Å². The van der Waals surface area contributed by atoms with E-state index in [1.165, 1.54) is 6.07 Å². The number of hydrogen-bond donors (Lipinski definition) is 1. The maximum absolute atomic E-state index is 14.2. The van der Waals surface area contributed by atoms with Crippen LogP contribution in [0.1, 0.15) is 42.9 Å². The number of carbonyl (C=O) groups excluding carboxylic acids is 1. The quantitative estimate of drug-likeness (QED) is 0.785. The Balaban J connectivity index is 1.30. The van der Waals surface area contributed by atoms with E-state index in [-0.39, 0.29) is 23.8 Å². The van der Waals surface area contributed by atoms with Gasteiger partial charge in [0.2, 0.25) is 0 Å². The third-order valence-corrected chi connectivity index (χ3v) is 6.84. The molecule has 3 heterocycles. The number of ether oxygens (including phenoxy) is 1. The topological polar surface area (TPSA) is 41.6 Å². The monoisotopic (exact) mass is 412 g/mol. The normalized spacial score (nSPS) is 27.4. The fourth-order valence-corrected chi connectivity index (χ4v) is 5.21. The summed E-state index contributed by atoms with van der Waals surface area (Å²) >= 11 is 0. The minimum atomic E-state index is -0.459. The minimum Gasteiger partial charge on any atom is -0.445 e. The summed E-state index contributed by atoms with van der Waals surface area (Å²) in [5, 5.41) is 3.05. The average molecular weight is 412 g/mol. The van der Waals surface area contributed by atoms with Crippen molar-refractivity contribution in [3.63, 3.8) is 0 Å². The lowest BCUT2D eigenvalue weighted by Gasteiger charge is -2.44. The van der Waals surface area contributed by atoms with Crippen molar-refractivity contribution < 1.29 is 18.3 Å². The molecule has 0 saturated carbocycles. The molecule has 158 valence electrons. The van der Waals surface area contributed by atoms with E-state index >= 15 is 0 Å². The molecular formula is C24H26F2N2O2. The SMILES string of the molecule is O=C(NC1CCCc2cc(-c3cc(F)ccc3F)ccc21)O[C@H]1CN2CCC1CC2. The molecule has 2 aromatic rings. The molecule has 1 N–H and O–H groups in total. The second-order valence-electron chi connectivity index (χ2n) is 8.71. The average Bonchev–Trinajstić information content (AvgIpc) is 2.76. The molecule has 2 atom stereocenters. The largest absolute Gasteiger partial charge is 0.445 e. The molecule has 1 amide bonds. The number of benzene rings is 2. The number of nitrogens with one attached hydrogen (secondary N) is 1. The first kappa shape index (κ1) is 19.5. The maximum atomic E-state index is 14.2. The van der Waals surface area contributed by atoms with Crippen LogP contribution in [0.4, 0.5) is 13.6 Å². The van der Waals surface area contributed by atoms with Gasteiger partial charge in [0.1, 0.15) is 17.7 Å². The van der Waals surface area contributed by atoms with Gasteiger partial charge < -0.3 is 10.1 Å². The number of nitrogens with zero attached hydrogens (tertiary/aromatic N) is 1. The zero-order valence-corrected chi connectivity index (χ0v) is 16.9. The lowest BCUT2D eigenvalue weighted by molar-refractivity contribution is -0.0340. The summed E-state index contributed by atoms with van der Waals surface area (Å²) in [5.74, 6) is -0.426. The molecule has 3 saturated heterocycles. The summed E-state index contributed by atoms with van der Waals surface area (Å²) in [5.41, 5.74) is 3.01. The number of halogens is 2. The van der Waals surface area contributed by atoms with E-state index in [0.29, 0.717) is 11.5 Å². The van der Waals surface area contributed by atoms with Crippen LogP contribution in [0.15, 0.2) is 36.4 Å². The van der Waals surface area contributed by atoms with E-state index in [1.807, 2.05) is 12.1 Å². The predicted octanol–water partition coefficient (Wildman–Crippen LogP) is 4.83. The minimum absolute atomic E-state index is 0.0195. The maximum Gasteiger partial charge on any atom is 0.407 e. The van der Waals surface area contributed by atoms with Gasteiger partial charge in [-0.05, 0) is 86.0 Å². The fraction of sp³-hybridized carbons (Fsp3) is 0.458. The third-order valence-electron chi connectivity index (χ3n) is 6.84. The third kappa shape index (κ3) is 3.81. The van der Waals surface area contributed by atoms with Crippen LogP contribution in [-0.2, 0) is 11.2 Å². The molecule has 4 aliphatic rings. The number of fused-ring (bicyclic) bond motifs is 4. The Morgan fingerprint density at radius 3 is 2.67 bits per heavy atom. The van der Waals surface area contributed by atoms with Gasteiger partial charge in [0, 0.05) is 12.1 Å². The number of hydrogen-bond acceptors (Lipinski definition) is 3. The van der Waals surface area contributed by atoms with E-state index in [2.05, 4.69) is 10.2 Å². The van der Waals surface area contributed by atoms with Crippen LogP contribution >= 0.6 is 0 Å². The number of alkyl carbamates (subject to hydrolysis) is 1. The number of piperidine rings is 3. The first-order valence-corrected chi connectivity index (χ1v) is 10.8. The van der Waals surface area contributed by atoms with Crippen molar-refractivity contribution in [1.29, 1.82) is 0 Å². The van der Waals surface area contributed by atoms with E-state index in [1.54, 1.807) is 6.07 Å². The van der Waals surface area contributed by atoms with Crippen molar-refractivity contribution in [2.45, 2.75) is 44.2 Å². The highest BCUT2D eigenvalue weighted by Gasteiger charge is 2.37. The van der Waals surface area contributed by atoms with Crippen molar-refractivity contribution in [1.82, 2.24) is 10.2 Å². The Bertz CT molecular complexity index is 956. The van der Waals surface area contributed by atoms with E-state index in [4.69, 9.17) is 4.74 Å². The molecule has 3 fully saturated rings. The summed E-state index contributed by atoms with van der Waals surface area (Å²) < 4.78 is 33.6. The van der Waals surface area contributed by atoms with Gasteiger partial charge in [0.25, 0.3) is 0 Å². The molecular weight excluding hydrogens is 386 g/mol. The zero-order valence-electron chi connectivity index (χ0n) is 16.9. The molecule has 6 heteroatoms. The highest BCUT2D eigenvalue weighted by Crippen LogP contribution is 2.35. The number of amides is 1. The molecule has 2 bridgehead atoms. The fourth-order valence-electron chi connectivity index (χ4n) is 5.21. The van der Waals surface area contributed by atoms with E-state index < -0.39 is 11.6 Å². The van der Waals surface area contributed by atoms with Crippen LogP contribution in [0.5, 0.6) is 0 Å². The highest BCUT2D eigenvalue weighted by molar-refractivity contribution is 5.69. The molecule has 2 aromatic carbocycles. The summed E-state index contributed by atoms with van der Waals surface area (Å²) in [6, 6.07) is 9.02. The van der Waals surface area contributed by atoms with Gasteiger partial charge in [-0.25, -0.2) is 13.6 Å². The van der Waals surface area contributed by atoms with Gasteiger partial charge in [-0.2, -0.15) is 0 Å². The van der Waals surface area contributed by atoms with Crippen LogP contribution in [0.3, 0.4) is 0 Å². The predicted molar refractivity (Wildman–Crippen MR) is 110 cm³/mol. The standard InChI is InChI=1S/C24H26F2N2O2/c25-18-5-7-21(26)20(13-18)17-4-6-19-16(12-17)2-1-3-22(19)27-24(29)30-23-14-28-10-8-15(23)9-11-28/h4-7,12-13,15,22-23H,1-3,8-11,14H2,(H,27,29)/t22?,23-/m0/s1. The van der Waals surface area contributed by atoms with Gasteiger partial charge in [-0.1, -0.05) is 18.2 Å². The molecule has 0 radical (unpaired) electrons. The lowest BCUT2D eigenvalue weighted by atomic mass is 9.85. The van der Waals surface area contributed by atoms with Gasteiger partial charge >= 0.3 is 6.09 Å². The Kier molecular flexibility index (Phi) is 5.19. The molecule has 3 aliphatic heterocycles. The van der Waals surface area contributed by atoms with Gasteiger partial charge in [0.15, 0.2) is 0 Å². The Hall–Kier alpha value is -2.47. The van der Waals surface area contributed by atoms with Gasteiger partial charge in [0.05, 0.1) is 6.04 Å². The molecule has 6 rings (SSSR count). The van der Waals surface area contributed by atoms with Crippen molar-refractivity contribution in [2.24, 2.45) is 5.92 Å². The first-order valence-electron chi connectivity index (χ1n) is 10.8. The van der Waals surface area contributed by atoms with Crippen molar-refractivity contribution in [3.8, 4) is 11.1 Å². The first-order chi connectivity index (χ1) is 14.6. The van der Waals surface area contributed by atoms with Crippen molar-refractivity contribution in [2.75, 3.05) is 19.6 Å². The highest BCUT2D eigenvalue weighted by atomic mass is 19.1. The summed E-state index contributed by atoms with van der Waals surface area (Å²) in [6.45, 7) is 3.05. The van der Waals surface area contributed by atoms with Crippen LogP contribution in [0.2, 0.25) is 0 Å². The Morgan fingerprint density at radius 1 is 1.07 bits per heavy atom. The Labute approximate surface area is 175 Å². The lowest BCUT2D eigenvalue weighted by Crippen LogP contribution is -2.52. The molecule has 0 spiro atoms. The van der Waals surface area contributed by atoms with Gasteiger partial charge in [-0.15, -0.1) is 0 Å². The summed E-state index contributed by atoms with van der Waals surface area (Å²) in [7, 11) is 0. The second kappa shape index (κ2) is 7.99. The molecule has 0 aromatic heterocycles. The van der Waals surface area contributed by atoms with Crippen LogP contribution in [0, 0.1) is 17.6 Å². The molecule has 1 unspecified atom stereocenters. The van der Waals surface area contributed by atoms with Crippen molar-refractivity contribution >= 4 is 6.09 Å². The number of aryl methyl sites for hydroxylation is 1. The number of carbonyl (C=O) groups is 1. The zero-order chi connectivity index (χ0) is 20.7.